The van der Waals surface area contributed by atoms with Crippen molar-refractivity contribution in [1.29, 1.82) is 0 Å². The number of hydrogen-bond acceptors (Lipinski definition) is 7. The zero-order valence-corrected chi connectivity index (χ0v) is 17.5. The Labute approximate surface area is 177 Å². The van der Waals surface area contributed by atoms with Crippen LogP contribution in [0.1, 0.15) is 16.8 Å². The van der Waals surface area contributed by atoms with Gasteiger partial charge in [0.15, 0.2) is 5.16 Å². The van der Waals surface area contributed by atoms with Gasteiger partial charge in [-0.2, -0.15) is 0 Å². The molecule has 8 nitrogen and oxygen atoms in total. The number of para-hydroxylation sites is 1. The maximum atomic E-state index is 12.8. The number of aromatic nitrogens is 2. The minimum atomic E-state index is -3.87. The summed E-state index contributed by atoms with van der Waals surface area (Å²) in [6.45, 7) is 0.188. The lowest BCUT2D eigenvalue weighted by molar-refractivity contribution is 0.0876. The molecule has 0 fully saturated rings. The van der Waals surface area contributed by atoms with E-state index in [4.69, 9.17) is 5.11 Å². The van der Waals surface area contributed by atoms with E-state index in [0.29, 0.717) is 29.0 Å². The Morgan fingerprint density at radius 2 is 1.73 bits per heavy atom. The van der Waals surface area contributed by atoms with E-state index in [2.05, 4.69) is 4.98 Å². The molecule has 1 N–H and O–H groups in total. The number of carbonyl (C=O) groups excluding carboxylic acids is 1. The second kappa shape index (κ2) is 8.21. The van der Waals surface area contributed by atoms with Crippen molar-refractivity contribution in [3.8, 4) is 0 Å². The number of nitrogens with zero attached hydrogens (tertiary/aromatic N) is 3. The summed E-state index contributed by atoms with van der Waals surface area (Å²) in [4.78, 5) is 29.9. The minimum absolute atomic E-state index is 0.0173. The van der Waals surface area contributed by atoms with E-state index in [-0.39, 0.29) is 34.9 Å². The first-order chi connectivity index (χ1) is 14.4. The Kier molecular flexibility index (Phi) is 5.63. The van der Waals surface area contributed by atoms with E-state index in [1.165, 1.54) is 28.5 Å². The molecule has 0 radical (unpaired) electrons. The second-order valence-electron chi connectivity index (χ2n) is 6.67. The quantitative estimate of drug-likeness (QED) is 0.436. The molecule has 2 heterocycles. The van der Waals surface area contributed by atoms with Crippen LogP contribution in [0.2, 0.25) is 0 Å². The highest BCUT2D eigenvalue weighted by molar-refractivity contribution is 7.99. The van der Waals surface area contributed by atoms with Gasteiger partial charge in [-0.1, -0.05) is 36.0 Å². The van der Waals surface area contributed by atoms with Gasteiger partial charge in [0.1, 0.15) is 4.90 Å². The highest BCUT2D eigenvalue weighted by atomic mass is 32.2. The number of thioether (sulfide) groups is 1. The Morgan fingerprint density at radius 3 is 2.50 bits per heavy atom. The molecule has 0 aliphatic carbocycles. The van der Waals surface area contributed by atoms with Gasteiger partial charge in [-0.05, 0) is 30.7 Å². The van der Waals surface area contributed by atoms with Crippen LogP contribution in [-0.4, -0.2) is 52.2 Å². The Balaban J connectivity index is 1.58. The van der Waals surface area contributed by atoms with Crippen LogP contribution in [0.5, 0.6) is 0 Å². The van der Waals surface area contributed by atoms with Crippen LogP contribution < -0.4 is 5.56 Å². The molecule has 156 valence electrons. The molecule has 3 aromatic rings. The van der Waals surface area contributed by atoms with Gasteiger partial charge < -0.3 is 5.11 Å². The summed E-state index contributed by atoms with van der Waals surface area (Å²) in [6, 6.07) is 13.1. The summed E-state index contributed by atoms with van der Waals surface area (Å²) in [5.74, 6) is -0.307. The van der Waals surface area contributed by atoms with E-state index in [1.54, 1.807) is 36.4 Å². The lowest BCUT2D eigenvalue weighted by Crippen LogP contribution is -2.32. The smallest absolute Gasteiger partial charge is 0.269 e. The van der Waals surface area contributed by atoms with Crippen molar-refractivity contribution in [3.05, 3.63) is 64.4 Å². The first-order valence-electron chi connectivity index (χ1n) is 9.34. The number of amides is 1. The lowest BCUT2D eigenvalue weighted by Gasteiger charge is -2.16. The molecule has 10 heteroatoms. The zero-order valence-electron chi connectivity index (χ0n) is 15.9. The van der Waals surface area contributed by atoms with E-state index in [1.807, 2.05) is 0 Å². The Morgan fingerprint density at radius 1 is 1.00 bits per heavy atom. The SMILES string of the molecule is O=C1c2ccccc2S(=O)(=O)N1CCSc1nc2ccccc2c(=O)n1CCCO. The predicted molar refractivity (Wildman–Crippen MR) is 113 cm³/mol. The molecule has 0 unspecified atom stereocenters. The van der Waals surface area contributed by atoms with Crippen LogP contribution >= 0.6 is 11.8 Å². The average molecular weight is 446 g/mol. The molecule has 0 spiro atoms. The van der Waals surface area contributed by atoms with Gasteiger partial charge in [-0.3, -0.25) is 14.2 Å². The number of carbonyl (C=O) groups is 1. The summed E-state index contributed by atoms with van der Waals surface area (Å²) in [5, 5.41) is 10.1. The van der Waals surface area contributed by atoms with Gasteiger partial charge >= 0.3 is 0 Å². The van der Waals surface area contributed by atoms with Gasteiger partial charge in [-0.15, -0.1) is 0 Å². The van der Waals surface area contributed by atoms with Crippen LogP contribution in [0.3, 0.4) is 0 Å². The summed E-state index contributed by atoms with van der Waals surface area (Å²) in [5.41, 5.74) is 0.502. The number of benzene rings is 2. The molecular formula is C20H19N3O5S2. The molecule has 0 atom stereocenters. The fourth-order valence-electron chi connectivity index (χ4n) is 3.36. The maximum absolute atomic E-state index is 12.8. The summed E-state index contributed by atoms with van der Waals surface area (Å²) in [7, 11) is -3.87. The summed E-state index contributed by atoms with van der Waals surface area (Å²) < 4.78 is 27.7. The van der Waals surface area contributed by atoms with E-state index in [9.17, 15) is 18.0 Å². The monoisotopic (exact) mass is 445 g/mol. The number of sulfonamides is 1. The Bertz CT molecular complexity index is 1290. The average Bonchev–Trinajstić information content (AvgIpc) is 2.94. The van der Waals surface area contributed by atoms with Crippen molar-refractivity contribution in [2.45, 2.75) is 23.0 Å². The fourth-order valence-corrected chi connectivity index (χ4v) is 5.99. The van der Waals surface area contributed by atoms with Gasteiger partial charge in [0.2, 0.25) is 0 Å². The highest BCUT2D eigenvalue weighted by Crippen LogP contribution is 2.30. The fraction of sp³-hybridized carbons (Fsp3) is 0.250. The van der Waals surface area contributed by atoms with Gasteiger partial charge in [0, 0.05) is 25.4 Å². The standard InChI is InChI=1S/C20H19N3O5S2/c24-12-5-10-22-18(25)14-6-1-3-8-16(14)21-20(22)29-13-11-23-19(26)15-7-2-4-9-17(15)30(23,27)28/h1-4,6-9,24H,5,10-13H2. The van der Waals surface area contributed by atoms with Crippen LogP contribution in [0.4, 0.5) is 0 Å². The molecule has 0 saturated heterocycles. The number of hydrogen-bond donors (Lipinski definition) is 1. The molecule has 4 rings (SSSR count). The summed E-state index contributed by atoms with van der Waals surface area (Å²) in [6.07, 6.45) is 0.391. The first-order valence-corrected chi connectivity index (χ1v) is 11.8. The van der Waals surface area contributed by atoms with Crippen molar-refractivity contribution < 1.29 is 18.3 Å². The maximum Gasteiger partial charge on any atom is 0.269 e. The molecule has 1 aliphatic rings. The minimum Gasteiger partial charge on any atom is -0.396 e. The lowest BCUT2D eigenvalue weighted by atomic mass is 10.2. The van der Waals surface area contributed by atoms with Crippen molar-refractivity contribution in [2.24, 2.45) is 0 Å². The summed E-state index contributed by atoms with van der Waals surface area (Å²) >= 11 is 1.21. The van der Waals surface area contributed by atoms with Gasteiger partial charge in [-0.25, -0.2) is 17.7 Å². The van der Waals surface area contributed by atoms with Crippen molar-refractivity contribution in [1.82, 2.24) is 13.9 Å². The predicted octanol–water partition coefficient (Wildman–Crippen LogP) is 1.72. The van der Waals surface area contributed by atoms with Crippen LogP contribution in [-0.2, 0) is 16.6 Å². The second-order valence-corrected chi connectivity index (χ2v) is 9.57. The first kappa shape index (κ1) is 20.6. The number of fused-ring (bicyclic) bond motifs is 2. The molecule has 2 aromatic carbocycles. The Hall–Kier alpha value is -2.69. The molecule has 30 heavy (non-hydrogen) atoms. The molecule has 1 aromatic heterocycles. The molecule has 0 saturated carbocycles. The number of aliphatic hydroxyl groups excluding tert-OH is 1. The van der Waals surface area contributed by atoms with E-state index >= 15 is 0 Å². The number of aliphatic hydroxyl groups is 1. The van der Waals surface area contributed by atoms with Crippen LogP contribution in [0.25, 0.3) is 10.9 Å². The molecule has 1 amide bonds. The number of rotatable bonds is 7. The van der Waals surface area contributed by atoms with Gasteiger partial charge in [0.25, 0.3) is 21.5 Å². The van der Waals surface area contributed by atoms with Gasteiger partial charge in [0.05, 0.1) is 16.5 Å². The molecule has 1 aliphatic heterocycles. The van der Waals surface area contributed by atoms with Crippen molar-refractivity contribution in [2.75, 3.05) is 18.9 Å². The normalized spacial score (nSPS) is 15.0. The van der Waals surface area contributed by atoms with Crippen molar-refractivity contribution in [3.63, 3.8) is 0 Å². The van der Waals surface area contributed by atoms with Crippen LogP contribution in [0, 0.1) is 0 Å². The van der Waals surface area contributed by atoms with E-state index in [0.717, 1.165) is 4.31 Å². The van der Waals surface area contributed by atoms with E-state index < -0.39 is 15.9 Å². The molecular weight excluding hydrogens is 426 g/mol. The van der Waals surface area contributed by atoms with Crippen LogP contribution in [0.15, 0.2) is 63.4 Å². The topological polar surface area (TPSA) is 110 Å². The largest absolute Gasteiger partial charge is 0.396 e. The third-order valence-electron chi connectivity index (χ3n) is 4.80. The third kappa shape index (κ3) is 3.51. The zero-order chi connectivity index (χ0) is 21.3. The van der Waals surface area contributed by atoms with Crippen molar-refractivity contribution >= 4 is 38.6 Å². The third-order valence-corrected chi connectivity index (χ3v) is 7.60. The highest BCUT2D eigenvalue weighted by Gasteiger charge is 2.40. The molecule has 0 bridgehead atoms.